The number of ether oxygens (including phenoxy) is 1. The lowest BCUT2D eigenvalue weighted by Gasteiger charge is -2.09. The van der Waals surface area contributed by atoms with E-state index in [0.29, 0.717) is 22.9 Å². The van der Waals surface area contributed by atoms with E-state index >= 15 is 0 Å². The van der Waals surface area contributed by atoms with Gasteiger partial charge in [-0.15, -0.1) is 0 Å². The summed E-state index contributed by atoms with van der Waals surface area (Å²) >= 11 is 9.32. The zero-order chi connectivity index (χ0) is 13.8. The highest BCUT2D eigenvalue weighted by Crippen LogP contribution is 2.23. The predicted molar refractivity (Wildman–Crippen MR) is 79.9 cm³/mol. The molecule has 2 aromatic rings. The van der Waals surface area contributed by atoms with Gasteiger partial charge in [0.25, 0.3) is 0 Å². The summed E-state index contributed by atoms with van der Waals surface area (Å²) in [4.78, 5) is 11.3. The van der Waals surface area contributed by atoms with E-state index in [1.807, 2.05) is 30.3 Å². The van der Waals surface area contributed by atoms with Crippen LogP contribution in [0.4, 0.5) is 0 Å². The van der Waals surface area contributed by atoms with Gasteiger partial charge in [-0.2, -0.15) is 0 Å². The van der Waals surface area contributed by atoms with E-state index in [4.69, 9.17) is 16.3 Å². The number of carbonyl (C=O) groups excluding carboxylic acids is 1. The Bertz CT molecular complexity index is 611. The number of rotatable bonds is 4. The van der Waals surface area contributed by atoms with Gasteiger partial charge in [0.1, 0.15) is 12.4 Å². The van der Waals surface area contributed by atoms with Gasteiger partial charge in [-0.1, -0.05) is 45.7 Å². The van der Waals surface area contributed by atoms with E-state index < -0.39 is 0 Å². The first-order chi connectivity index (χ1) is 9.06. The van der Waals surface area contributed by atoms with E-state index in [9.17, 15) is 4.79 Å². The molecule has 98 valence electrons. The lowest BCUT2D eigenvalue weighted by atomic mass is 10.1. The van der Waals surface area contributed by atoms with Crippen LogP contribution in [0, 0.1) is 0 Å². The molecular weight excluding hydrogens is 328 g/mol. The summed E-state index contributed by atoms with van der Waals surface area (Å²) in [6, 6.07) is 12.7. The second kappa shape index (κ2) is 6.22. The van der Waals surface area contributed by atoms with Crippen molar-refractivity contribution in [2.45, 2.75) is 13.5 Å². The fraction of sp³-hybridized carbons (Fsp3) is 0.133. The van der Waals surface area contributed by atoms with Crippen molar-refractivity contribution in [3.05, 3.63) is 63.1 Å². The van der Waals surface area contributed by atoms with Gasteiger partial charge in [0.2, 0.25) is 0 Å². The second-order valence-corrected chi connectivity index (χ2v) is 5.40. The Hall–Kier alpha value is -1.32. The highest BCUT2D eigenvalue weighted by atomic mass is 79.9. The Labute approximate surface area is 125 Å². The number of benzene rings is 2. The molecule has 2 rings (SSSR count). The standard InChI is InChI=1S/C15H12BrClO2/c1-10(18)11-3-2-4-14(7-11)19-9-12-5-6-13(17)8-15(12)16/h2-8H,9H2,1H3. The molecule has 2 aromatic carbocycles. The fourth-order valence-corrected chi connectivity index (χ4v) is 2.40. The van der Waals surface area contributed by atoms with Crippen LogP contribution in [-0.4, -0.2) is 5.78 Å². The van der Waals surface area contributed by atoms with E-state index in [1.165, 1.54) is 6.92 Å². The van der Waals surface area contributed by atoms with Crippen molar-refractivity contribution in [3.8, 4) is 5.75 Å². The number of Topliss-reactive ketones (excluding diaryl/α,β-unsaturated/α-hetero) is 1. The van der Waals surface area contributed by atoms with E-state index in [2.05, 4.69) is 15.9 Å². The topological polar surface area (TPSA) is 26.3 Å². The number of ketones is 1. The summed E-state index contributed by atoms with van der Waals surface area (Å²) in [7, 11) is 0. The Balaban J connectivity index is 2.10. The summed E-state index contributed by atoms with van der Waals surface area (Å²) in [5.41, 5.74) is 1.64. The third kappa shape index (κ3) is 3.82. The lowest BCUT2D eigenvalue weighted by Crippen LogP contribution is -1.98. The molecule has 0 aliphatic rings. The first-order valence-electron chi connectivity index (χ1n) is 5.74. The third-order valence-corrected chi connectivity index (χ3v) is 3.62. The molecule has 19 heavy (non-hydrogen) atoms. The number of hydrogen-bond donors (Lipinski definition) is 0. The van der Waals surface area contributed by atoms with Crippen molar-refractivity contribution in [2.24, 2.45) is 0 Å². The highest BCUT2D eigenvalue weighted by Gasteiger charge is 2.04. The summed E-state index contributed by atoms with van der Waals surface area (Å²) in [6.07, 6.45) is 0. The number of hydrogen-bond acceptors (Lipinski definition) is 2. The molecule has 0 fully saturated rings. The molecule has 0 N–H and O–H groups in total. The van der Waals surface area contributed by atoms with Gasteiger partial charge in [0, 0.05) is 20.6 Å². The average molecular weight is 340 g/mol. The minimum absolute atomic E-state index is 0.0260. The number of halogens is 2. The normalized spacial score (nSPS) is 10.3. The molecule has 0 atom stereocenters. The zero-order valence-electron chi connectivity index (χ0n) is 10.3. The van der Waals surface area contributed by atoms with E-state index in [0.717, 1.165) is 10.0 Å². The fourth-order valence-electron chi connectivity index (χ4n) is 1.60. The first-order valence-corrected chi connectivity index (χ1v) is 6.91. The van der Waals surface area contributed by atoms with Gasteiger partial charge < -0.3 is 4.74 Å². The van der Waals surface area contributed by atoms with Crippen molar-refractivity contribution in [3.63, 3.8) is 0 Å². The Kier molecular flexibility index (Phi) is 4.61. The molecule has 0 spiro atoms. The van der Waals surface area contributed by atoms with Crippen LogP contribution >= 0.6 is 27.5 Å². The molecule has 0 bridgehead atoms. The van der Waals surface area contributed by atoms with Gasteiger partial charge in [-0.25, -0.2) is 0 Å². The minimum Gasteiger partial charge on any atom is -0.489 e. The maximum Gasteiger partial charge on any atom is 0.159 e. The van der Waals surface area contributed by atoms with Crippen LogP contribution in [0.25, 0.3) is 0 Å². The maximum absolute atomic E-state index is 11.3. The van der Waals surface area contributed by atoms with Gasteiger partial charge in [0.15, 0.2) is 5.78 Å². The summed E-state index contributed by atoms with van der Waals surface area (Å²) < 4.78 is 6.58. The first kappa shape index (κ1) is 14.1. The second-order valence-electron chi connectivity index (χ2n) is 4.11. The van der Waals surface area contributed by atoms with Crippen LogP contribution in [0.3, 0.4) is 0 Å². The van der Waals surface area contributed by atoms with Crippen molar-refractivity contribution in [1.29, 1.82) is 0 Å². The van der Waals surface area contributed by atoms with E-state index in [1.54, 1.807) is 12.1 Å². The largest absolute Gasteiger partial charge is 0.489 e. The maximum atomic E-state index is 11.3. The van der Waals surface area contributed by atoms with Crippen molar-refractivity contribution >= 4 is 33.3 Å². The molecule has 0 aliphatic heterocycles. The molecule has 0 heterocycles. The van der Waals surface area contributed by atoms with Crippen LogP contribution in [0.2, 0.25) is 5.02 Å². The number of carbonyl (C=O) groups is 1. The lowest BCUT2D eigenvalue weighted by molar-refractivity contribution is 0.101. The Morgan fingerprint density at radius 3 is 2.74 bits per heavy atom. The molecule has 0 amide bonds. The molecule has 0 aromatic heterocycles. The molecule has 0 unspecified atom stereocenters. The molecule has 0 saturated heterocycles. The van der Waals surface area contributed by atoms with Gasteiger partial charge in [0.05, 0.1) is 0 Å². The molecule has 0 saturated carbocycles. The summed E-state index contributed by atoms with van der Waals surface area (Å²) in [5, 5.41) is 0.675. The average Bonchev–Trinajstić information content (AvgIpc) is 2.38. The quantitative estimate of drug-likeness (QED) is 0.742. The van der Waals surface area contributed by atoms with Crippen molar-refractivity contribution in [2.75, 3.05) is 0 Å². The monoisotopic (exact) mass is 338 g/mol. The van der Waals surface area contributed by atoms with Gasteiger partial charge in [-0.05, 0) is 31.2 Å². The highest BCUT2D eigenvalue weighted by molar-refractivity contribution is 9.10. The molecular formula is C15H12BrClO2. The van der Waals surface area contributed by atoms with Crippen molar-refractivity contribution < 1.29 is 9.53 Å². The van der Waals surface area contributed by atoms with Gasteiger partial charge in [-0.3, -0.25) is 4.79 Å². The SMILES string of the molecule is CC(=O)c1cccc(OCc2ccc(Cl)cc2Br)c1. The molecule has 0 radical (unpaired) electrons. The Morgan fingerprint density at radius 1 is 1.26 bits per heavy atom. The van der Waals surface area contributed by atoms with E-state index in [-0.39, 0.29) is 5.78 Å². The van der Waals surface area contributed by atoms with Crippen LogP contribution in [0.5, 0.6) is 5.75 Å². The van der Waals surface area contributed by atoms with Crippen LogP contribution in [0.1, 0.15) is 22.8 Å². The van der Waals surface area contributed by atoms with Crippen LogP contribution in [-0.2, 0) is 6.61 Å². The third-order valence-electron chi connectivity index (χ3n) is 2.65. The van der Waals surface area contributed by atoms with Gasteiger partial charge >= 0.3 is 0 Å². The van der Waals surface area contributed by atoms with Crippen LogP contribution < -0.4 is 4.74 Å². The van der Waals surface area contributed by atoms with Crippen molar-refractivity contribution in [1.82, 2.24) is 0 Å². The molecule has 2 nitrogen and oxygen atoms in total. The van der Waals surface area contributed by atoms with Crippen LogP contribution in [0.15, 0.2) is 46.9 Å². The minimum atomic E-state index is 0.0260. The zero-order valence-corrected chi connectivity index (χ0v) is 12.7. The summed E-state index contributed by atoms with van der Waals surface area (Å²) in [5.74, 6) is 0.702. The Morgan fingerprint density at radius 2 is 2.05 bits per heavy atom. The smallest absolute Gasteiger partial charge is 0.159 e. The summed E-state index contributed by atoms with van der Waals surface area (Å²) in [6.45, 7) is 1.95. The molecule has 0 aliphatic carbocycles. The molecule has 4 heteroatoms. The predicted octanol–water partition coefficient (Wildman–Crippen LogP) is 4.88.